The van der Waals surface area contributed by atoms with Gasteiger partial charge >= 0.3 is 5.69 Å². The second-order valence-corrected chi connectivity index (χ2v) is 7.33. The molecule has 0 bridgehead atoms. The molecule has 1 fully saturated rings. The predicted molar refractivity (Wildman–Crippen MR) is 87.6 cm³/mol. The molecule has 1 saturated carbocycles. The SMILES string of the molecule is CCC(C)Sc1nc(C2CC2)nc2c1c(=O)n(C)c(=O)n2C. The summed E-state index contributed by atoms with van der Waals surface area (Å²) < 4.78 is 2.58. The van der Waals surface area contributed by atoms with Gasteiger partial charge in [0.2, 0.25) is 0 Å². The van der Waals surface area contributed by atoms with E-state index < -0.39 is 0 Å². The summed E-state index contributed by atoms with van der Waals surface area (Å²) in [6.45, 7) is 4.22. The van der Waals surface area contributed by atoms with Crippen molar-refractivity contribution in [3.8, 4) is 0 Å². The first kappa shape index (κ1) is 15.3. The topological polar surface area (TPSA) is 69.8 Å². The molecular weight excluding hydrogens is 300 g/mol. The minimum atomic E-state index is -0.350. The van der Waals surface area contributed by atoms with Crippen molar-refractivity contribution in [3.05, 3.63) is 26.7 Å². The van der Waals surface area contributed by atoms with E-state index in [4.69, 9.17) is 0 Å². The molecule has 1 unspecified atom stereocenters. The minimum Gasteiger partial charge on any atom is -0.280 e. The van der Waals surface area contributed by atoms with E-state index in [-0.39, 0.29) is 11.2 Å². The third kappa shape index (κ3) is 2.47. The van der Waals surface area contributed by atoms with Crippen LogP contribution in [0.3, 0.4) is 0 Å². The fraction of sp³-hybridized carbons (Fsp3) is 0.600. The fourth-order valence-corrected chi connectivity index (χ4v) is 3.32. The molecule has 0 spiro atoms. The highest BCUT2D eigenvalue weighted by Crippen LogP contribution is 2.39. The van der Waals surface area contributed by atoms with Crippen LogP contribution in [-0.4, -0.2) is 24.4 Å². The summed E-state index contributed by atoms with van der Waals surface area (Å²) in [6, 6.07) is 0. The summed E-state index contributed by atoms with van der Waals surface area (Å²) in [5.74, 6) is 1.14. The molecule has 1 aliphatic carbocycles. The molecule has 1 aliphatic rings. The molecule has 3 rings (SSSR count). The lowest BCUT2D eigenvalue weighted by molar-refractivity contribution is 0.698. The highest BCUT2D eigenvalue weighted by molar-refractivity contribution is 8.00. The van der Waals surface area contributed by atoms with Crippen molar-refractivity contribution in [1.82, 2.24) is 19.1 Å². The van der Waals surface area contributed by atoms with Crippen molar-refractivity contribution < 1.29 is 0 Å². The molecule has 2 aromatic rings. The van der Waals surface area contributed by atoms with Gasteiger partial charge in [0.15, 0.2) is 5.65 Å². The molecule has 6 nitrogen and oxygen atoms in total. The quantitative estimate of drug-likeness (QED) is 0.634. The Morgan fingerprint density at radius 3 is 2.50 bits per heavy atom. The average molecular weight is 320 g/mol. The molecule has 118 valence electrons. The molecular formula is C15H20N4O2S. The van der Waals surface area contributed by atoms with Crippen molar-refractivity contribution in [2.75, 3.05) is 0 Å². The minimum absolute atomic E-state index is 0.314. The summed E-state index contributed by atoms with van der Waals surface area (Å²) in [5.41, 5.74) is -0.209. The van der Waals surface area contributed by atoms with Crippen LogP contribution in [0.4, 0.5) is 0 Å². The fourth-order valence-electron chi connectivity index (χ4n) is 2.33. The number of aryl methyl sites for hydroxylation is 1. The molecule has 0 N–H and O–H groups in total. The van der Waals surface area contributed by atoms with Gasteiger partial charge in [-0.1, -0.05) is 13.8 Å². The lowest BCUT2D eigenvalue weighted by atomic mass is 10.3. The van der Waals surface area contributed by atoms with Crippen molar-refractivity contribution in [2.24, 2.45) is 14.1 Å². The first-order valence-corrected chi connectivity index (χ1v) is 8.46. The molecule has 0 saturated heterocycles. The number of fused-ring (bicyclic) bond motifs is 1. The average Bonchev–Trinajstić information content (AvgIpc) is 3.34. The highest BCUT2D eigenvalue weighted by Gasteiger charge is 2.29. The Bertz CT molecular complexity index is 851. The van der Waals surface area contributed by atoms with Crippen LogP contribution in [0.25, 0.3) is 11.0 Å². The van der Waals surface area contributed by atoms with Crippen LogP contribution >= 0.6 is 11.8 Å². The van der Waals surface area contributed by atoms with Crippen molar-refractivity contribution in [1.29, 1.82) is 0 Å². The Labute approximate surface area is 132 Å². The second kappa shape index (κ2) is 5.53. The summed E-state index contributed by atoms with van der Waals surface area (Å²) in [5, 5.41) is 1.52. The van der Waals surface area contributed by atoms with E-state index in [1.54, 1.807) is 18.8 Å². The number of rotatable bonds is 4. The standard InChI is InChI=1S/C15H20N4O2S/c1-5-8(2)22-13-10-12(16-11(17-13)9-6-7-9)18(3)15(21)19(4)14(10)20/h8-9H,5-7H2,1-4H3. The van der Waals surface area contributed by atoms with Gasteiger partial charge in [0.1, 0.15) is 16.2 Å². The zero-order valence-electron chi connectivity index (χ0n) is 13.3. The van der Waals surface area contributed by atoms with Gasteiger partial charge in [-0.3, -0.25) is 13.9 Å². The molecule has 0 amide bonds. The van der Waals surface area contributed by atoms with Gasteiger partial charge in [-0.2, -0.15) is 0 Å². The van der Waals surface area contributed by atoms with Crippen LogP contribution in [0.1, 0.15) is 44.9 Å². The van der Waals surface area contributed by atoms with Crippen LogP contribution < -0.4 is 11.2 Å². The van der Waals surface area contributed by atoms with Crippen molar-refractivity contribution in [2.45, 2.75) is 49.3 Å². The predicted octanol–water partition coefficient (Wildman–Crippen LogP) is 1.80. The third-order valence-corrected chi connectivity index (χ3v) is 5.37. The highest BCUT2D eigenvalue weighted by atomic mass is 32.2. The maximum Gasteiger partial charge on any atom is 0.332 e. The smallest absolute Gasteiger partial charge is 0.280 e. The zero-order chi connectivity index (χ0) is 16.0. The van der Waals surface area contributed by atoms with Gasteiger partial charge in [0, 0.05) is 25.3 Å². The lowest BCUT2D eigenvalue weighted by Gasteiger charge is -2.13. The van der Waals surface area contributed by atoms with E-state index >= 15 is 0 Å². The third-order valence-electron chi connectivity index (χ3n) is 4.11. The molecule has 7 heteroatoms. The van der Waals surface area contributed by atoms with Crippen LogP contribution in [0.5, 0.6) is 0 Å². The first-order chi connectivity index (χ1) is 10.4. The molecule has 2 heterocycles. The monoisotopic (exact) mass is 320 g/mol. The van der Waals surface area contributed by atoms with E-state index in [9.17, 15) is 9.59 Å². The Morgan fingerprint density at radius 2 is 1.91 bits per heavy atom. The summed E-state index contributed by atoms with van der Waals surface area (Å²) in [4.78, 5) is 33.9. The van der Waals surface area contributed by atoms with Crippen LogP contribution in [0, 0.1) is 0 Å². The lowest BCUT2D eigenvalue weighted by Crippen LogP contribution is -2.38. The summed E-state index contributed by atoms with van der Waals surface area (Å²) in [6.07, 6.45) is 3.15. The maximum absolute atomic E-state index is 12.5. The second-order valence-electron chi connectivity index (χ2n) is 5.90. The first-order valence-electron chi connectivity index (χ1n) is 7.58. The Balaban J connectivity index is 2.35. The summed E-state index contributed by atoms with van der Waals surface area (Å²) in [7, 11) is 3.15. The normalized spacial score (nSPS) is 16.2. The largest absolute Gasteiger partial charge is 0.332 e. The Kier molecular flexibility index (Phi) is 3.84. The number of aromatic nitrogens is 4. The van der Waals surface area contributed by atoms with Gasteiger partial charge < -0.3 is 0 Å². The van der Waals surface area contributed by atoms with E-state index in [1.807, 2.05) is 0 Å². The number of hydrogen-bond acceptors (Lipinski definition) is 5. The van der Waals surface area contributed by atoms with Crippen LogP contribution in [-0.2, 0) is 14.1 Å². The van der Waals surface area contributed by atoms with Crippen molar-refractivity contribution >= 4 is 22.8 Å². The zero-order valence-corrected chi connectivity index (χ0v) is 14.1. The van der Waals surface area contributed by atoms with Gasteiger partial charge in [0.25, 0.3) is 5.56 Å². The van der Waals surface area contributed by atoms with Gasteiger partial charge in [-0.15, -0.1) is 11.8 Å². The Hall–Kier alpha value is -1.63. The molecule has 0 radical (unpaired) electrons. The van der Waals surface area contributed by atoms with Crippen molar-refractivity contribution in [3.63, 3.8) is 0 Å². The van der Waals surface area contributed by atoms with E-state index in [0.29, 0.717) is 27.2 Å². The van der Waals surface area contributed by atoms with E-state index in [0.717, 1.165) is 29.7 Å². The van der Waals surface area contributed by atoms with Gasteiger partial charge in [-0.25, -0.2) is 14.8 Å². The van der Waals surface area contributed by atoms with Gasteiger partial charge in [0.05, 0.1) is 0 Å². The van der Waals surface area contributed by atoms with E-state index in [2.05, 4.69) is 23.8 Å². The molecule has 2 aromatic heterocycles. The molecule has 0 aromatic carbocycles. The Morgan fingerprint density at radius 1 is 1.23 bits per heavy atom. The molecule has 22 heavy (non-hydrogen) atoms. The number of thioether (sulfide) groups is 1. The van der Waals surface area contributed by atoms with Crippen LogP contribution in [0.2, 0.25) is 0 Å². The molecule has 0 aliphatic heterocycles. The number of hydrogen-bond donors (Lipinski definition) is 0. The molecule has 1 atom stereocenters. The van der Waals surface area contributed by atoms with Crippen LogP contribution in [0.15, 0.2) is 14.6 Å². The van der Waals surface area contributed by atoms with E-state index in [1.165, 1.54) is 11.6 Å². The number of nitrogens with zero attached hydrogens (tertiary/aromatic N) is 4. The summed E-state index contributed by atoms with van der Waals surface area (Å²) >= 11 is 1.59. The maximum atomic E-state index is 12.5. The van der Waals surface area contributed by atoms with Gasteiger partial charge in [-0.05, 0) is 19.3 Å².